The molecule has 128 valence electrons. The third kappa shape index (κ3) is 5.31. The summed E-state index contributed by atoms with van der Waals surface area (Å²) in [5.74, 6) is 2.11. The van der Waals surface area contributed by atoms with Crippen LogP contribution in [-0.4, -0.2) is 0 Å². The minimum atomic E-state index is -0.0243. The highest BCUT2D eigenvalue weighted by atomic mass is 16.5. The summed E-state index contributed by atoms with van der Waals surface area (Å²) in [4.78, 5) is 0. The quantitative estimate of drug-likeness (QED) is 0.582. The van der Waals surface area contributed by atoms with Crippen LogP contribution < -0.4 is 4.74 Å². The number of hydrogen-bond acceptors (Lipinski definition) is 1. The second-order valence-corrected chi connectivity index (χ2v) is 8.19. The van der Waals surface area contributed by atoms with E-state index in [-0.39, 0.29) is 6.10 Å². The van der Waals surface area contributed by atoms with E-state index in [1.54, 1.807) is 0 Å². The first-order valence-electron chi connectivity index (χ1n) is 8.91. The first kappa shape index (κ1) is 18.4. The highest BCUT2D eigenvalue weighted by molar-refractivity contribution is 5.30. The Bertz CT molecular complexity index is 605. The molecule has 0 saturated heterocycles. The molecule has 0 fully saturated rings. The van der Waals surface area contributed by atoms with E-state index in [2.05, 4.69) is 71.0 Å². The van der Waals surface area contributed by atoms with Crippen molar-refractivity contribution in [2.45, 2.75) is 60.0 Å². The van der Waals surface area contributed by atoms with E-state index in [9.17, 15) is 0 Å². The second kappa shape index (κ2) is 7.75. The van der Waals surface area contributed by atoms with E-state index < -0.39 is 0 Å². The fourth-order valence-electron chi connectivity index (χ4n) is 3.06. The predicted molar refractivity (Wildman–Crippen MR) is 101 cm³/mol. The summed E-state index contributed by atoms with van der Waals surface area (Å²) in [6, 6.07) is 20.6. The summed E-state index contributed by atoms with van der Waals surface area (Å²) < 4.78 is 6.05. The Kier molecular flexibility index (Phi) is 5.94. The molecular weight excluding hydrogens is 292 g/mol. The van der Waals surface area contributed by atoms with Crippen molar-refractivity contribution in [1.29, 1.82) is 0 Å². The Morgan fingerprint density at radius 1 is 1.00 bits per heavy atom. The molecule has 0 bridgehead atoms. The molecule has 24 heavy (non-hydrogen) atoms. The molecule has 0 aromatic heterocycles. The lowest BCUT2D eigenvalue weighted by Crippen LogP contribution is -2.16. The third-order valence-corrected chi connectivity index (χ3v) is 4.37. The van der Waals surface area contributed by atoms with Crippen molar-refractivity contribution in [2.75, 3.05) is 0 Å². The second-order valence-electron chi connectivity index (χ2n) is 8.19. The van der Waals surface area contributed by atoms with Crippen LogP contribution in [0.25, 0.3) is 0 Å². The highest BCUT2D eigenvalue weighted by Crippen LogP contribution is 2.37. The van der Waals surface area contributed by atoms with Crippen molar-refractivity contribution in [1.82, 2.24) is 0 Å². The van der Waals surface area contributed by atoms with Crippen LogP contribution in [0.3, 0.4) is 0 Å². The molecule has 2 atom stereocenters. The molecule has 0 aliphatic carbocycles. The Labute approximate surface area is 148 Å². The molecule has 0 N–H and O–H groups in total. The molecule has 0 aliphatic rings. The van der Waals surface area contributed by atoms with Gasteiger partial charge in [0.25, 0.3) is 0 Å². The monoisotopic (exact) mass is 322 g/mol. The third-order valence-electron chi connectivity index (χ3n) is 4.37. The summed E-state index contributed by atoms with van der Waals surface area (Å²) >= 11 is 0. The van der Waals surface area contributed by atoms with Gasteiger partial charge in [0.15, 0.2) is 0 Å². The minimum absolute atomic E-state index is 0.0243. The SMILES string of the molecule is CC(Oc1ccc(C(CC(C)(C)C)C(C)C)cc1)c1c#cccc1. The average Bonchev–Trinajstić information content (AvgIpc) is 2.53. The van der Waals surface area contributed by atoms with E-state index in [4.69, 9.17) is 4.74 Å². The smallest absolute Gasteiger partial charge is 0.129 e. The number of rotatable bonds is 6. The first-order valence-corrected chi connectivity index (χ1v) is 8.91. The Morgan fingerprint density at radius 2 is 1.67 bits per heavy atom. The minimum Gasteiger partial charge on any atom is -0.485 e. The van der Waals surface area contributed by atoms with Crippen molar-refractivity contribution in [2.24, 2.45) is 11.3 Å². The van der Waals surface area contributed by atoms with Crippen molar-refractivity contribution < 1.29 is 4.74 Å². The molecule has 2 aromatic rings. The van der Waals surface area contributed by atoms with Gasteiger partial charge >= 0.3 is 0 Å². The van der Waals surface area contributed by atoms with Crippen LogP contribution in [0.1, 0.15) is 71.1 Å². The molecule has 0 radical (unpaired) electrons. The fourth-order valence-corrected chi connectivity index (χ4v) is 3.06. The van der Waals surface area contributed by atoms with E-state index in [1.165, 1.54) is 12.0 Å². The van der Waals surface area contributed by atoms with E-state index in [1.807, 2.05) is 25.1 Å². The van der Waals surface area contributed by atoms with Crippen molar-refractivity contribution in [3.05, 3.63) is 65.7 Å². The number of hydrogen-bond donors (Lipinski definition) is 0. The normalized spacial score (nSPS) is 14.1. The van der Waals surface area contributed by atoms with Gasteiger partial charge < -0.3 is 4.74 Å². The lowest BCUT2D eigenvalue weighted by molar-refractivity contribution is 0.226. The predicted octanol–water partition coefficient (Wildman–Crippen LogP) is 6.60. The maximum Gasteiger partial charge on any atom is 0.129 e. The maximum absolute atomic E-state index is 6.05. The van der Waals surface area contributed by atoms with Crippen LogP contribution in [0.5, 0.6) is 5.75 Å². The zero-order valence-electron chi connectivity index (χ0n) is 15.9. The fraction of sp³-hybridized carbons (Fsp3) is 0.478. The molecule has 2 unspecified atom stereocenters. The molecule has 0 heterocycles. The Hall–Kier alpha value is -1.94. The van der Waals surface area contributed by atoms with Crippen molar-refractivity contribution in [3.63, 3.8) is 0 Å². The number of ether oxygens (including phenoxy) is 1. The van der Waals surface area contributed by atoms with Gasteiger partial charge in [-0.1, -0.05) is 65.0 Å². The van der Waals surface area contributed by atoms with Gasteiger partial charge in [0, 0.05) is 5.56 Å². The summed E-state index contributed by atoms with van der Waals surface area (Å²) in [6.45, 7) is 13.6. The molecule has 0 spiro atoms. The molecule has 1 heteroatoms. The molecular formula is C23H30O. The van der Waals surface area contributed by atoms with Gasteiger partial charge in [0.1, 0.15) is 11.9 Å². The van der Waals surface area contributed by atoms with E-state index in [0.717, 1.165) is 11.3 Å². The van der Waals surface area contributed by atoms with Crippen LogP contribution in [0.15, 0.2) is 42.5 Å². The van der Waals surface area contributed by atoms with Crippen molar-refractivity contribution in [3.8, 4) is 5.75 Å². The maximum atomic E-state index is 6.05. The average molecular weight is 322 g/mol. The highest BCUT2D eigenvalue weighted by Gasteiger charge is 2.23. The van der Waals surface area contributed by atoms with Gasteiger partial charge in [-0.2, -0.15) is 0 Å². The van der Waals surface area contributed by atoms with Crippen molar-refractivity contribution >= 4 is 0 Å². The van der Waals surface area contributed by atoms with Crippen LogP contribution >= 0.6 is 0 Å². The van der Waals surface area contributed by atoms with Gasteiger partial charge in [-0.3, -0.25) is 0 Å². The molecule has 0 amide bonds. The molecule has 0 saturated carbocycles. The van der Waals surface area contributed by atoms with Crippen LogP contribution in [-0.2, 0) is 0 Å². The van der Waals surface area contributed by atoms with E-state index in [0.29, 0.717) is 17.3 Å². The lowest BCUT2D eigenvalue weighted by atomic mass is 9.76. The first-order chi connectivity index (χ1) is 11.3. The number of benzene rings is 1. The standard InChI is InChI=1S/C23H30O/c1-17(2)22(16-23(4,5)6)20-12-14-21(15-13-20)24-18(3)19-10-8-7-9-11-19/h7-8,10,12-15,17-18,22H,16H2,1-6H3. The molecule has 1 nitrogen and oxygen atoms in total. The van der Waals surface area contributed by atoms with Crippen LogP contribution in [0.2, 0.25) is 0 Å². The van der Waals surface area contributed by atoms with Gasteiger partial charge in [-0.25, -0.2) is 0 Å². The Morgan fingerprint density at radius 3 is 2.17 bits per heavy atom. The lowest BCUT2D eigenvalue weighted by Gasteiger charge is -2.29. The molecule has 2 rings (SSSR count). The van der Waals surface area contributed by atoms with Crippen LogP contribution in [0.4, 0.5) is 0 Å². The molecule has 0 aliphatic heterocycles. The van der Waals surface area contributed by atoms with Gasteiger partial charge in [-0.15, -0.1) is 0 Å². The Balaban J connectivity index is 2.09. The van der Waals surface area contributed by atoms with Gasteiger partial charge in [0.2, 0.25) is 0 Å². The zero-order valence-corrected chi connectivity index (χ0v) is 15.9. The van der Waals surface area contributed by atoms with E-state index >= 15 is 0 Å². The largest absolute Gasteiger partial charge is 0.485 e. The summed E-state index contributed by atoms with van der Waals surface area (Å²) in [5, 5.41) is 0. The van der Waals surface area contributed by atoms with Gasteiger partial charge in [0.05, 0.1) is 0 Å². The van der Waals surface area contributed by atoms with Gasteiger partial charge in [-0.05, 0) is 60.4 Å². The zero-order chi connectivity index (χ0) is 17.7. The molecule has 2 aromatic carbocycles. The topological polar surface area (TPSA) is 9.23 Å². The van der Waals surface area contributed by atoms with Crippen LogP contribution in [0, 0.1) is 23.5 Å². The summed E-state index contributed by atoms with van der Waals surface area (Å²) in [6.07, 6.45) is 1.17. The summed E-state index contributed by atoms with van der Waals surface area (Å²) in [7, 11) is 0. The summed E-state index contributed by atoms with van der Waals surface area (Å²) in [5.41, 5.74) is 2.76.